The minimum atomic E-state index is -5.84. The van der Waals surface area contributed by atoms with Crippen molar-refractivity contribution in [1.29, 1.82) is 0 Å². The maximum Gasteiger partial charge on any atom is 0.522 e. The maximum atomic E-state index is 13.6. The molecule has 1 heterocycles. The smallest absolute Gasteiger partial charge is 0.279 e. The molecule has 0 aromatic heterocycles. The molecule has 0 spiro atoms. The third-order valence-corrected chi connectivity index (χ3v) is 5.93. The van der Waals surface area contributed by atoms with Gasteiger partial charge in [-0.25, -0.2) is 4.39 Å². The summed E-state index contributed by atoms with van der Waals surface area (Å²) in [6, 6.07) is 5.26. The van der Waals surface area contributed by atoms with Crippen molar-refractivity contribution in [3.8, 4) is 0 Å². The molecule has 124 valence electrons. The molecule has 3 nitrogen and oxygen atoms in total. The highest BCUT2D eigenvalue weighted by Gasteiger charge is 2.44. The van der Waals surface area contributed by atoms with Crippen LogP contribution in [0.25, 0.3) is 0 Å². The fourth-order valence-corrected chi connectivity index (χ4v) is 4.18. The molecule has 1 aromatic carbocycles. The van der Waals surface area contributed by atoms with Gasteiger partial charge in [-0.15, -0.1) is 0 Å². The quantitative estimate of drug-likeness (QED) is 0.237. The predicted octanol–water partition coefficient (Wildman–Crippen LogP) is 3.68. The molecule has 22 heavy (non-hydrogen) atoms. The summed E-state index contributed by atoms with van der Waals surface area (Å²) in [5.74, 6) is 2.09. The summed E-state index contributed by atoms with van der Waals surface area (Å²) in [6.07, 6.45) is 1.22. The Hall–Kier alpha value is -0.230. The standard InChI is InChI=1S/C10H9BrFS2.CHF3O3S/c11-7-2-3-8(9(12)6-7)10-13-4-1-5-14-10;2-1(3,4)8(5,6)7/h2-3,6H,1,4-5H2;(H,5,6,7)/q+1;. The van der Waals surface area contributed by atoms with E-state index in [0.717, 1.165) is 25.7 Å². The monoisotopic (exact) mass is 441 g/mol. The van der Waals surface area contributed by atoms with E-state index in [4.69, 9.17) is 13.0 Å². The molecule has 0 saturated heterocycles. The van der Waals surface area contributed by atoms with E-state index in [2.05, 4.69) is 15.9 Å². The zero-order valence-electron chi connectivity index (χ0n) is 10.7. The number of hydrogen-bond acceptors (Lipinski definition) is 3. The normalized spacial score (nSPS) is 15.6. The second kappa shape index (κ2) is 8.04. The number of halogens is 5. The summed E-state index contributed by atoms with van der Waals surface area (Å²) in [5.41, 5.74) is -4.78. The Morgan fingerprint density at radius 1 is 1.32 bits per heavy atom. The molecule has 2 rings (SSSR count). The van der Waals surface area contributed by atoms with Gasteiger partial charge in [-0.2, -0.15) is 21.6 Å². The molecule has 0 aliphatic carbocycles. The first-order valence-corrected chi connectivity index (χ1v) is 9.84. The Morgan fingerprint density at radius 3 is 2.32 bits per heavy atom. The number of hydrogen-bond donors (Lipinski definition) is 1. The van der Waals surface area contributed by atoms with Crippen molar-refractivity contribution in [3.63, 3.8) is 0 Å². The van der Waals surface area contributed by atoms with E-state index >= 15 is 0 Å². The van der Waals surface area contributed by atoms with Crippen LogP contribution >= 0.6 is 27.7 Å². The van der Waals surface area contributed by atoms with Crippen molar-refractivity contribution >= 4 is 53.4 Å². The lowest BCUT2D eigenvalue weighted by Crippen LogP contribution is -2.21. The zero-order chi connectivity index (χ0) is 17.0. The SMILES string of the molecule is Fc1cc(Br)ccc1C1=[S+]CCCS1.O=S(=O)(O)C(F)(F)F. The molecule has 1 aliphatic rings. The molecule has 11 heteroatoms. The van der Waals surface area contributed by atoms with Crippen LogP contribution in [0.3, 0.4) is 0 Å². The Kier molecular flexibility index (Phi) is 7.24. The van der Waals surface area contributed by atoms with Crippen LogP contribution in [0.1, 0.15) is 12.0 Å². The molecule has 0 unspecified atom stereocenters. The van der Waals surface area contributed by atoms with Gasteiger partial charge in [0.2, 0.25) is 0 Å². The summed E-state index contributed by atoms with van der Waals surface area (Å²) in [4.78, 5) is 0. The molecule has 0 atom stereocenters. The van der Waals surface area contributed by atoms with Crippen LogP contribution in [-0.4, -0.2) is 34.2 Å². The van der Waals surface area contributed by atoms with Gasteiger partial charge >= 0.3 is 15.6 Å². The minimum Gasteiger partial charge on any atom is -0.279 e. The van der Waals surface area contributed by atoms with Gasteiger partial charge in [0.1, 0.15) is 5.82 Å². The highest BCUT2D eigenvalue weighted by molar-refractivity contribution is 9.10. The van der Waals surface area contributed by atoms with Crippen LogP contribution in [0, 0.1) is 5.82 Å². The van der Waals surface area contributed by atoms with Crippen LogP contribution in [0.15, 0.2) is 22.7 Å². The largest absolute Gasteiger partial charge is 0.522 e. The van der Waals surface area contributed by atoms with E-state index in [1.54, 1.807) is 23.1 Å². The van der Waals surface area contributed by atoms with Crippen molar-refractivity contribution in [1.82, 2.24) is 0 Å². The van der Waals surface area contributed by atoms with Crippen molar-refractivity contribution < 1.29 is 30.5 Å². The Morgan fingerprint density at radius 2 is 1.91 bits per heavy atom. The number of benzene rings is 1. The van der Waals surface area contributed by atoms with Gasteiger partial charge < -0.3 is 0 Å². The van der Waals surface area contributed by atoms with E-state index in [-0.39, 0.29) is 5.82 Å². The topological polar surface area (TPSA) is 54.4 Å². The van der Waals surface area contributed by atoms with Crippen LogP contribution in [0.2, 0.25) is 0 Å². The number of rotatable bonds is 1. The van der Waals surface area contributed by atoms with Crippen molar-refractivity contribution in [2.24, 2.45) is 0 Å². The van der Waals surface area contributed by atoms with Crippen LogP contribution in [-0.2, 0) is 21.5 Å². The molecule has 0 bridgehead atoms. The van der Waals surface area contributed by atoms with Gasteiger partial charge in [0.25, 0.3) is 4.20 Å². The number of alkyl halides is 3. The second-order valence-electron chi connectivity index (χ2n) is 3.88. The van der Waals surface area contributed by atoms with Gasteiger partial charge in [0.05, 0.1) is 5.56 Å². The van der Waals surface area contributed by atoms with Crippen LogP contribution < -0.4 is 0 Å². The summed E-state index contributed by atoms with van der Waals surface area (Å²) in [7, 11) is -5.84. The minimum absolute atomic E-state index is 0.128. The molecule has 1 N–H and O–H groups in total. The first kappa shape index (κ1) is 19.8. The molecular formula is C11H10BrF4O3S3+. The summed E-state index contributed by atoms with van der Waals surface area (Å²) < 4.78 is 73.0. The van der Waals surface area contributed by atoms with Gasteiger partial charge in [-0.05, 0) is 18.2 Å². The van der Waals surface area contributed by atoms with Crippen LogP contribution in [0.4, 0.5) is 17.6 Å². The van der Waals surface area contributed by atoms with Crippen molar-refractivity contribution in [3.05, 3.63) is 34.1 Å². The van der Waals surface area contributed by atoms with E-state index < -0.39 is 15.6 Å². The van der Waals surface area contributed by atoms with Crippen LogP contribution in [0.5, 0.6) is 0 Å². The molecule has 0 saturated carbocycles. The zero-order valence-corrected chi connectivity index (χ0v) is 14.8. The third kappa shape index (κ3) is 6.11. The lowest BCUT2D eigenvalue weighted by atomic mass is 10.2. The average Bonchev–Trinajstić information content (AvgIpc) is 2.38. The lowest BCUT2D eigenvalue weighted by molar-refractivity contribution is -0.0510. The van der Waals surface area contributed by atoms with E-state index in [1.165, 1.54) is 12.5 Å². The highest BCUT2D eigenvalue weighted by atomic mass is 79.9. The lowest BCUT2D eigenvalue weighted by Gasteiger charge is -2.03. The predicted molar refractivity (Wildman–Crippen MR) is 85.1 cm³/mol. The summed E-state index contributed by atoms with van der Waals surface area (Å²) >= 11 is 6.78. The summed E-state index contributed by atoms with van der Waals surface area (Å²) in [6.45, 7) is 0. The average molecular weight is 442 g/mol. The van der Waals surface area contributed by atoms with E-state index in [0.29, 0.717) is 0 Å². The second-order valence-corrected chi connectivity index (χ2v) is 8.68. The first-order chi connectivity index (χ1) is 10.0. The fourth-order valence-electron chi connectivity index (χ4n) is 1.24. The van der Waals surface area contributed by atoms with Gasteiger partial charge in [-0.3, -0.25) is 4.55 Å². The Bertz CT molecular complexity index is 659. The molecule has 0 radical (unpaired) electrons. The Labute approximate surface area is 141 Å². The third-order valence-electron chi connectivity index (χ3n) is 2.20. The molecule has 1 aromatic rings. The van der Waals surface area contributed by atoms with E-state index in [9.17, 15) is 17.6 Å². The molecular weight excluding hydrogens is 432 g/mol. The van der Waals surface area contributed by atoms with Crippen molar-refractivity contribution in [2.75, 3.05) is 11.5 Å². The van der Waals surface area contributed by atoms with Gasteiger partial charge in [-0.1, -0.05) is 27.7 Å². The molecule has 1 aliphatic heterocycles. The fraction of sp³-hybridized carbons (Fsp3) is 0.364. The molecule has 0 fully saturated rings. The molecule has 0 amide bonds. The first-order valence-electron chi connectivity index (χ1n) is 5.64. The maximum absolute atomic E-state index is 13.6. The van der Waals surface area contributed by atoms with Gasteiger partial charge in [0.15, 0.2) is 17.1 Å². The number of thioether (sulfide) groups is 1. The van der Waals surface area contributed by atoms with Crippen molar-refractivity contribution in [2.45, 2.75) is 11.9 Å². The van der Waals surface area contributed by atoms with E-state index in [1.807, 2.05) is 12.1 Å². The Balaban J connectivity index is 0.000000261. The van der Waals surface area contributed by atoms with Gasteiger partial charge in [0, 0.05) is 16.6 Å². The summed E-state index contributed by atoms with van der Waals surface area (Å²) in [5, 5.41) is 0. The highest BCUT2D eigenvalue weighted by Crippen LogP contribution is 2.22.